The first kappa shape index (κ1) is 26.1. The molecular weight excluding hydrogens is 574 g/mol. The molecule has 0 spiro atoms. The molecule has 9 nitrogen and oxygen atoms in total. The van der Waals surface area contributed by atoms with Gasteiger partial charge in [0.15, 0.2) is 5.75 Å². The van der Waals surface area contributed by atoms with Crippen LogP contribution in [0.15, 0.2) is 48.8 Å². The molecule has 2 amide bonds. The minimum atomic E-state index is -0.172. The van der Waals surface area contributed by atoms with Crippen LogP contribution < -0.4 is 20.1 Å². The predicted molar refractivity (Wildman–Crippen MR) is 150 cm³/mol. The lowest BCUT2D eigenvalue weighted by molar-refractivity contribution is -0.134. The SMILES string of the molecule is COc1c(Cl)cccc1Nc1c(-c2ccncc2OC[C@H]2CCN2C(=O)/C=C/CBr)[nH]c2c1C(=O)NCC2. The lowest BCUT2D eigenvalue weighted by atomic mass is 10.0. The molecular formula is C27H27BrClN5O4. The van der Waals surface area contributed by atoms with E-state index in [-0.39, 0.29) is 17.9 Å². The van der Waals surface area contributed by atoms with E-state index in [0.717, 1.165) is 17.7 Å². The molecule has 11 heteroatoms. The van der Waals surface area contributed by atoms with Crippen molar-refractivity contribution < 1.29 is 19.1 Å². The zero-order chi connectivity index (χ0) is 26.6. The third-order valence-electron chi connectivity index (χ3n) is 6.66. The topological polar surface area (TPSA) is 109 Å². The van der Waals surface area contributed by atoms with Crippen molar-refractivity contribution in [1.82, 2.24) is 20.2 Å². The summed E-state index contributed by atoms with van der Waals surface area (Å²) in [4.78, 5) is 34.9. The lowest BCUT2D eigenvalue weighted by Gasteiger charge is -2.40. The number of aromatic amines is 1. The minimum Gasteiger partial charge on any atom is -0.493 e. The minimum absolute atomic E-state index is 0.0218. The van der Waals surface area contributed by atoms with Crippen molar-refractivity contribution >= 4 is 50.7 Å². The molecule has 0 aliphatic carbocycles. The number of H-pyrrole nitrogens is 1. The van der Waals surface area contributed by atoms with E-state index < -0.39 is 0 Å². The Morgan fingerprint density at radius 2 is 2.24 bits per heavy atom. The van der Waals surface area contributed by atoms with E-state index in [1.807, 2.05) is 18.2 Å². The number of hydrogen-bond acceptors (Lipinski definition) is 6. The number of methoxy groups -OCH3 is 1. The number of aromatic nitrogens is 2. The highest BCUT2D eigenvalue weighted by Gasteiger charge is 2.32. The highest BCUT2D eigenvalue weighted by molar-refractivity contribution is 9.09. The van der Waals surface area contributed by atoms with Crippen LogP contribution in [0, 0.1) is 0 Å². The van der Waals surface area contributed by atoms with Gasteiger partial charge in [-0.15, -0.1) is 0 Å². The van der Waals surface area contributed by atoms with Gasteiger partial charge in [0.05, 0.1) is 47.0 Å². The highest BCUT2D eigenvalue weighted by Crippen LogP contribution is 2.43. The van der Waals surface area contributed by atoms with Crippen molar-refractivity contribution in [2.24, 2.45) is 0 Å². The number of nitrogens with zero attached hydrogens (tertiary/aromatic N) is 2. The van der Waals surface area contributed by atoms with Gasteiger partial charge in [-0.1, -0.05) is 39.7 Å². The summed E-state index contributed by atoms with van der Waals surface area (Å²) in [6.07, 6.45) is 8.20. The molecule has 38 heavy (non-hydrogen) atoms. The number of hydrogen-bond donors (Lipinski definition) is 3. The number of halogens is 2. The molecule has 0 bridgehead atoms. The lowest BCUT2D eigenvalue weighted by Crippen LogP contribution is -2.53. The summed E-state index contributed by atoms with van der Waals surface area (Å²) < 4.78 is 11.7. The molecule has 1 saturated heterocycles. The molecule has 5 rings (SSSR count). The highest BCUT2D eigenvalue weighted by atomic mass is 79.9. The molecule has 198 valence electrons. The summed E-state index contributed by atoms with van der Waals surface area (Å²) in [5, 5.41) is 7.39. The van der Waals surface area contributed by atoms with E-state index in [2.05, 4.69) is 36.5 Å². The Morgan fingerprint density at radius 3 is 3.00 bits per heavy atom. The summed E-state index contributed by atoms with van der Waals surface area (Å²) in [5.41, 5.74) is 4.00. The Morgan fingerprint density at radius 1 is 1.37 bits per heavy atom. The number of nitrogens with one attached hydrogen (secondary N) is 3. The van der Waals surface area contributed by atoms with Gasteiger partial charge in [-0.3, -0.25) is 14.6 Å². The number of likely N-dealkylation sites (tertiary alicyclic amines) is 1. The van der Waals surface area contributed by atoms with Gasteiger partial charge >= 0.3 is 0 Å². The quantitative estimate of drug-likeness (QED) is 0.243. The second kappa shape index (κ2) is 11.5. The van der Waals surface area contributed by atoms with E-state index in [9.17, 15) is 9.59 Å². The van der Waals surface area contributed by atoms with E-state index in [0.29, 0.717) is 70.6 Å². The molecule has 0 unspecified atom stereocenters. The van der Waals surface area contributed by atoms with E-state index in [4.69, 9.17) is 21.1 Å². The number of anilines is 2. The molecule has 2 aliphatic rings. The predicted octanol–water partition coefficient (Wildman–Crippen LogP) is 4.70. The fraction of sp³-hybridized carbons (Fsp3) is 0.296. The van der Waals surface area contributed by atoms with Crippen molar-refractivity contribution in [2.75, 3.05) is 37.5 Å². The van der Waals surface area contributed by atoms with Gasteiger partial charge in [0.2, 0.25) is 5.91 Å². The van der Waals surface area contributed by atoms with E-state index in [1.54, 1.807) is 42.6 Å². The van der Waals surface area contributed by atoms with Crippen LogP contribution in [0.4, 0.5) is 11.4 Å². The van der Waals surface area contributed by atoms with Crippen molar-refractivity contribution in [1.29, 1.82) is 0 Å². The smallest absolute Gasteiger partial charge is 0.255 e. The van der Waals surface area contributed by atoms with Crippen LogP contribution in [0.5, 0.6) is 11.5 Å². The molecule has 1 fully saturated rings. The maximum absolute atomic E-state index is 13.0. The zero-order valence-electron chi connectivity index (χ0n) is 20.7. The first-order chi connectivity index (χ1) is 18.5. The summed E-state index contributed by atoms with van der Waals surface area (Å²) >= 11 is 9.66. The Balaban J connectivity index is 1.48. The molecule has 1 atom stereocenters. The molecule has 1 aromatic carbocycles. The largest absolute Gasteiger partial charge is 0.493 e. The number of fused-ring (bicyclic) bond motifs is 1. The molecule has 4 heterocycles. The third-order valence-corrected chi connectivity index (χ3v) is 7.33. The number of benzene rings is 1. The van der Waals surface area contributed by atoms with Crippen molar-refractivity contribution in [3.63, 3.8) is 0 Å². The van der Waals surface area contributed by atoms with Crippen molar-refractivity contribution in [2.45, 2.75) is 18.9 Å². The summed E-state index contributed by atoms with van der Waals surface area (Å²) in [6.45, 7) is 1.58. The fourth-order valence-electron chi connectivity index (χ4n) is 4.69. The standard InChI is InChI=1S/C27H27BrClN5O4/c1-37-26-18(29)4-2-5-20(26)33-25-23-19(8-12-31-27(23)36)32-24(25)17-7-11-30-14-21(17)38-15-16-9-13-34(16)22(35)6-3-10-28/h2-7,11,14,16,32-33H,8-10,12-13,15H2,1H3,(H,31,36)/b6-3+/t16-/m1/s1. The molecule has 3 N–H and O–H groups in total. The van der Waals surface area contributed by atoms with Crippen LogP contribution in [0.2, 0.25) is 5.02 Å². The first-order valence-electron chi connectivity index (χ1n) is 12.2. The number of amides is 2. The molecule has 0 radical (unpaired) electrons. The first-order valence-corrected chi connectivity index (χ1v) is 13.7. The number of allylic oxidation sites excluding steroid dienone is 1. The number of ether oxygens (including phenoxy) is 2. The second-order valence-corrected chi connectivity index (χ2v) is 9.95. The summed E-state index contributed by atoms with van der Waals surface area (Å²) in [7, 11) is 1.55. The Bertz CT molecular complexity index is 1390. The van der Waals surface area contributed by atoms with E-state index >= 15 is 0 Å². The molecule has 2 aromatic heterocycles. The number of pyridine rings is 1. The molecule has 0 saturated carbocycles. The Kier molecular flexibility index (Phi) is 7.90. The van der Waals surface area contributed by atoms with Gasteiger partial charge in [-0.2, -0.15) is 0 Å². The maximum Gasteiger partial charge on any atom is 0.255 e. The van der Waals surface area contributed by atoms with Crippen molar-refractivity contribution in [3.8, 4) is 22.8 Å². The number of carbonyl (C=O) groups is 2. The van der Waals surface area contributed by atoms with Crippen LogP contribution in [-0.2, 0) is 11.2 Å². The zero-order valence-corrected chi connectivity index (χ0v) is 23.1. The fourth-order valence-corrected chi connectivity index (χ4v) is 5.13. The number of rotatable bonds is 9. The Hall–Kier alpha value is -3.50. The van der Waals surface area contributed by atoms with Crippen LogP contribution in [-0.4, -0.2) is 64.9 Å². The van der Waals surface area contributed by atoms with E-state index in [1.165, 1.54) is 0 Å². The maximum atomic E-state index is 13.0. The third kappa shape index (κ3) is 5.10. The number of carbonyl (C=O) groups excluding carboxylic acids is 2. The van der Waals surface area contributed by atoms with Gasteiger partial charge in [0.1, 0.15) is 12.4 Å². The average Bonchev–Trinajstić information content (AvgIpc) is 3.26. The van der Waals surface area contributed by atoms with Gasteiger partial charge in [0.25, 0.3) is 5.91 Å². The molecule has 2 aliphatic heterocycles. The van der Waals surface area contributed by atoms with Gasteiger partial charge in [0, 0.05) is 42.3 Å². The van der Waals surface area contributed by atoms with Gasteiger partial charge < -0.3 is 30.0 Å². The van der Waals surface area contributed by atoms with Gasteiger partial charge in [-0.05, 0) is 30.7 Å². The summed E-state index contributed by atoms with van der Waals surface area (Å²) in [6, 6.07) is 7.21. The van der Waals surface area contributed by atoms with Crippen molar-refractivity contribution in [3.05, 3.63) is 65.1 Å². The monoisotopic (exact) mass is 599 g/mol. The van der Waals surface area contributed by atoms with Crippen LogP contribution in [0.1, 0.15) is 22.5 Å². The number of para-hydroxylation sites is 1. The van der Waals surface area contributed by atoms with Crippen LogP contribution in [0.25, 0.3) is 11.3 Å². The van der Waals surface area contributed by atoms with Crippen LogP contribution in [0.3, 0.4) is 0 Å². The molecule has 3 aromatic rings. The normalized spacial score (nSPS) is 16.6. The number of alkyl halides is 1. The van der Waals surface area contributed by atoms with Crippen LogP contribution >= 0.6 is 27.5 Å². The second-order valence-electron chi connectivity index (χ2n) is 8.89. The Labute approximate surface area is 233 Å². The van der Waals surface area contributed by atoms with Gasteiger partial charge in [-0.25, -0.2) is 0 Å². The average molecular weight is 601 g/mol. The summed E-state index contributed by atoms with van der Waals surface area (Å²) in [5.74, 6) is 0.818.